The van der Waals surface area contributed by atoms with Gasteiger partial charge in [-0.1, -0.05) is 0 Å². The van der Waals surface area contributed by atoms with Gasteiger partial charge in [0.25, 0.3) is 0 Å². The number of rotatable bonds is 5. The van der Waals surface area contributed by atoms with Crippen molar-refractivity contribution in [1.82, 2.24) is 0 Å². The number of carboxylic acids is 1. The van der Waals surface area contributed by atoms with Crippen molar-refractivity contribution in [2.24, 2.45) is 5.92 Å². The number of hydrogen-bond donors (Lipinski definition) is 1. The molecule has 2 atom stereocenters. The Balaban J connectivity index is 2.42. The fourth-order valence-corrected chi connectivity index (χ4v) is 3.03. The zero-order valence-corrected chi connectivity index (χ0v) is 9.39. The van der Waals surface area contributed by atoms with Gasteiger partial charge in [0.05, 0.1) is 12.5 Å². The molecule has 1 aliphatic rings. The highest BCUT2D eigenvalue weighted by Crippen LogP contribution is 2.28. The molecule has 0 saturated carbocycles. The van der Waals surface area contributed by atoms with Crippen LogP contribution in [0, 0.1) is 5.92 Å². The van der Waals surface area contributed by atoms with E-state index in [2.05, 4.69) is 0 Å². The molecule has 0 aliphatic carbocycles. The van der Waals surface area contributed by atoms with Gasteiger partial charge in [0.2, 0.25) is 0 Å². The maximum atomic E-state index is 10.6. The molecule has 4 heteroatoms. The van der Waals surface area contributed by atoms with E-state index in [-0.39, 0.29) is 12.5 Å². The summed E-state index contributed by atoms with van der Waals surface area (Å²) in [4.78, 5) is 10.6. The largest absolute Gasteiger partial charge is 0.481 e. The summed E-state index contributed by atoms with van der Waals surface area (Å²) < 4.78 is 5.50. The van der Waals surface area contributed by atoms with Gasteiger partial charge < -0.3 is 9.84 Å². The van der Waals surface area contributed by atoms with E-state index in [1.54, 1.807) is 0 Å². The van der Waals surface area contributed by atoms with Crippen molar-refractivity contribution in [3.8, 4) is 0 Å². The predicted octanol–water partition coefficient (Wildman–Crippen LogP) is 2.01. The molecule has 1 N–H and O–H groups in total. The van der Waals surface area contributed by atoms with Gasteiger partial charge in [-0.2, -0.15) is 11.8 Å². The lowest BCUT2D eigenvalue weighted by atomic mass is 9.96. The Morgan fingerprint density at radius 1 is 1.71 bits per heavy atom. The summed E-state index contributed by atoms with van der Waals surface area (Å²) in [5.74, 6) is 1.95. The molecule has 14 heavy (non-hydrogen) atoms. The molecular weight excluding hydrogens is 200 g/mol. The molecule has 0 spiro atoms. The van der Waals surface area contributed by atoms with Crippen molar-refractivity contribution < 1.29 is 14.6 Å². The van der Waals surface area contributed by atoms with Gasteiger partial charge in [-0.15, -0.1) is 0 Å². The van der Waals surface area contributed by atoms with Gasteiger partial charge in [-0.3, -0.25) is 4.79 Å². The highest BCUT2D eigenvalue weighted by atomic mass is 32.2. The summed E-state index contributed by atoms with van der Waals surface area (Å²) in [6.07, 6.45) is 2.38. The molecule has 0 aromatic heterocycles. The minimum absolute atomic E-state index is 0.0784. The number of carboxylic acid groups (broad SMARTS) is 1. The molecular formula is C10H18O3S. The molecule has 1 saturated heterocycles. The average Bonchev–Trinajstić information content (AvgIpc) is 2.18. The zero-order valence-electron chi connectivity index (χ0n) is 8.57. The third kappa shape index (κ3) is 3.88. The number of ether oxygens (including phenoxy) is 1. The van der Waals surface area contributed by atoms with Crippen LogP contribution >= 0.6 is 11.8 Å². The van der Waals surface area contributed by atoms with E-state index < -0.39 is 5.97 Å². The lowest BCUT2D eigenvalue weighted by Gasteiger charge is -2.28. The number of carbonyl (C=O) groups is 1. The van der Waals surface area contributed by atoms with Gasteiger partial charge in [0.15, 0.2) is 0 Å². The second-order valence-corrected chi connectivity index (χ2v) is 4.72. The van der Waals surface area contributed by atoms with Crippen LogP contribution in [0.3, 0.4) is 0 Å². The highest BCUT2D eigenvalue weighted by molar-refractivity contribution is 7.99. The molecule has 0 radical (unpaired) electrons. The van der Waals surface area contributed by atoms with E-state index in [9.17, 15) is 4.79 Å². The molecule has 1 aliphatic heterocycles. The van der Waals surface area contributed by atoms with E-state index in [0.29, 0.717) is 12.5 Å². The Bertz CT molecular complexity index is 178. The fourth-order valence-electron chi connectivity index (χ4n) is 1.81. The summed E-state index contributed by atoms with van der Waals surface area (Å²) >= 11 is 1.91. The third-order valence-corrected chi connectivity index (χ3v) is 3.72. The minimum atomic E-state index is -0.751. The van der Waals surface area contributed by atoms with Gasteiger partial charge in [0.1, 0.15) is 0 Å². The molecule has 0 aromatic rings. The first-order chi connectivity index (χ1) is 6.74. The summed E-state index contributed by atoms with van der Waals surface area (Å²) in [5, 5.41) is 8.75. The average molecular weight is 218 g/mol. The predicted molar refractivity (Wildman–Crippen MR) is 57.7 cm³/mol. The Morgan fingerprint density at radius 2 is 2.50 bits per heavy atom. The first-order valence-corrected chi connectivity index (χ1v) is 6.30. The van der Waals surface area contributed by atoms with Crippen molar-refractivity contribution in [1.29, 1.82) is 0 Å². The molecule has 1 heterocycles. The minimum Gasteiger partial charge on any atom is -0.481 e. The van der Waals surface area contributed by atoms with E-state index in [4.69, 9.17) is 9.84 Å². The lowest BCUT2D eigenvalue weighted by Crippen LogP contribution is -2.30. The van der Waals surface area contributed by atoms with Gasteiger partial charge in [-0.05, 0) is 37.2 Å². The van der Waals surface area contributed by atoms with E-state index >= 15 is 0 Å². The monoisotopic (exact) mass is 218 g/mol. The van der Waals surface area contributed by atoms with Crippen molar-refractivity contribution in [3.05, 3.63) is 0 Å². The molecule has 1 rings (SSSR count). The van der Waals surface area contributed by atoms with Crippen LogP contribution in [0.15, 0.2) is 0 Å². The zero-order chi connectivity index (χ0) is 10.4. The maximum Gasteiger partial charge on any atom is 0.305 e. The van der Waals surface area contributed by atoms with E-state index in [1.807, 2.05) is 18.7 Å². The molecule has 82 valence electrons. The maximum absolute atomic E-state index is 10.6. The van der Waals surface area contributed by atoms with Gasteiger partial charge >= 0.3 is 5.97 Å². The number of hydrogen-bond acceptors (Lipinski definition) is 3. The van der Waals surface area contributed by atoms with Crippen molar-refractivity contribution in [3.63, 3.8) is 0 Å². The topological polar surface area (TPSA) is 46.5 Å². The Labute approximate surface area is 89.2 Å². The van der Waals surface area contributed by atoms with E-state index in [1.165, 1.54) is 12.2 Å². The van der Waals surface area contributed by atoms with Crippen LogP contribution in [0.1, 0.15) is 26.2 Å². The third-order valence-electron chi connectivity index (χ3n) is 2.48. The van der Waals surface area contributed by atoms with Crippen LogP contribution in [-0.4, -0.2) is 35.3 Å². The fraction of sp³-hybridized carbons (Fsp3) is 0.900. The molecule has 0 amide bonds. The second kappa shape index (κ2) is 6.30. The SMILES string of the molecule is CCOC(CC(=O)O)C1CCCSC1. The Morgan fingerprint density at radius 3 is 3.00 bits per heavy atom. The quantitative estimate of drug-likeness (QED) is 0.766. The first kappa shape index (κ1) is 11.9. The van der Waals surface area contributed by atoms with Gasteiger partial charge in [-0.25, -0.2) is 0 Å². The van der Waals surface area contributed by atoms with Crippen molar-refractivity contribution in [2.45, 2.75) is 32.3 Å². The first-order valence-electron chi connectivity index (χ1n) is 5.15. The molecule has 0 aromatic carbocycles. The molecule has 0 bridgehead atoms. The van der Waals surface area contributed by atoms with Crippen LogP contribution in [0.2, 0.25) is 0 Å². The van der Waals surface area contributed by atoms with Crippen molar-refractivity contribution >= 4 is 17.7 Å². The van der Waals surface area contributed by atoms with Crippen LogP contribution < -0.4 is 0 Å². The van der Waals surface area contributed by atoms with Crippen LogP contribution in [-0.2, 0) is 9.53 Å². The Hall–Kier alpha value is -0.220. The van der Waals surface area contributed by atoms with Crippen LogP contribution in [0.5, 0.6) is 0 Å². The summed E-state index contributed by atoms with van der Waals surface area (Å²) in [6, 6.07) is 0. The molecule has 2 unspecified atom stereocenters. The summed E-state index contributed by atoms with van der Waals surface area (Å²) in [5.41, 5.74) is 0. The highest BCUT2D eigenvalue weighted by Gasteiger charge is 2.26. The second-order valence-electron chi connectivity index (χ2n) is 3.57. The number of thioether (sulfide) groups is 1. The number of aliphatic carboxylic acids is 1. The molecule has 3 nitrogen and oxygen atoms in total. The normalized spacial score (nSPS) is 24.5. The van der Waals surface area contributed by atoms with Crippen LogP contribution in [0.4, 0.5) is 0 Å². The van der Waals surface area contributed by atoms with E-state index in [0.717, 1.165) is 12.2 Å². The van der Waals surface area contributed by atoms with Crippen LogP contribution in [0.25, 0.3) is 0 Å². The molecule has 1 fully saturated rings. The smallest absolute Gasteiger partial charge is 0.305 e. The lowest BCUT2D eigenvalue weighted by molar-refractivity contribution is -0.141. The van der Waals surface area contributed by atoms with Gasteiger partial charge in [0, 0.05) is 6.61 Å². The summed E-state index contributed by atoms with van der Waals surface area (Å²) in [7, 11) is 0. The summed E-state index contributed by atoms with van der Waals surface area (Å²) in [6.45, 7) is 2.53. The standard InChI is InChI=1S/C10H18O3S/c1-2-13-9(6-10(11)12)8-4-3-5-14-7-8/h8-9H,2-7H2,1H3,(H,11,12). The Kier molecular flexibility index (Phi) is 5.33. The van der Waals surface area contributed by atoms with Crippen molar-refractivity contribution in [2.75, 3.05) is 18.1 Å².